The zero-order valence-electron chi connectivity index (χ0n) is 20.0. The van der Waals surface area contributed by atoms with Crippen LogP contribution in [0, 0.1) is 0 Å². The minimum Gasteiger partial charge on any atom is -0.361 e. The Morgan fingerprint density at radius 1 is 1.15 bits per heavy atom. The number of aromatic amines is 1. The predicted molar refractivity (Wildman–Crippen MR) is 130 cm³/mol. The lowest BCUT2D eigenvalue weighted by Gasteiger charge is -2.41. The second-order valence-corrected chi connectivity index (χ2v) is 8.80. The number of hydrogen-bond donors (Lipinski definition) is 3. The van der Waals surface area contributed by atoms with Crippen molar-refractivity contribution in [1.29, 1.82) is 0 Å². The molecule has 180 valence electrons. The molecule has 0 bridgehead atoms. The summed E-state index contributed by atoms with van der Waals surface area (Å²) >= 11 is 0. The minimum atomic E-state index is -0.637. The number of urea groups is 1. The molecule has 2 atom stereocenters. The summed E-state index contributed by atoms with van der Waals surface area (Å²) < 4.78 is 0. The van der Waals surface area contributed by atoms with Crippen molar-refractivity contribution in [1.82, 2.24) is 25.4 Å². The molecule has 8 heteroatoms. The first kappa shape index (κ1) is 24.6. The molecule has 0 saturated carbocycles. The van der Waals surface area contributed by atoms with E-state index in [4.69, 9.17) is 0 Å². The van der Waals surface area contributed by atoms with E-state index >= 15 is 0 Å². The molecule has 1 aliphatic heterocycles. The number of benzene rings is 1. The highest BCUT2D eigenvalue weighted by atomic mass is 16.2. The molecule has 0 spiro atoms. The third-order valence-corrected chi connectivity index (χ3v) is 6.27. The molecule has 1 aliphatic rings. The van der Waals surface area contributed by atoms with Crippen molar-refractivity contribution in [3.05, 3.63) is 36.0 Å². The van der Waals surface area contributed by atoms with Gasteiger partial charge in [0.25, 0.3) is 0 Å². The van der Waals surface area contributed by atoms with E-state index in [1.807, 2.05) is 44.3 Å². The molecule has 2 unspecified atom stereocenters. The molecule has 0 radical (unpaired) electrons. The zero-order chi connectivity index (χ0) is 23.8. The monoisotopic (exact) mass is 455 g/mol. The van der Waals surface area contributed by atoms with Crippen molar-refractivity contribution < 1.29 is 14.4 Å². The van der Waals surface area contributed by atoms with Crippen LogP contribution in [-0.2, 0) is 16.0 Å². The number of carbonyl (C=O) groups is 3. The average molecular weight is 456 g/mol. The summed E-state index contributed by atoms with van der Waals surface area (Å²) in [5.74, 6) is -0.179. The first-order valence-electron chi connectivity index (χ1n) is 12.1. The van der Waals surface area contributed by atoms with Gasteiger partial charge >= 0.3 is 6.03 Å². The molecule has 1 aromatic heterocycles. The Labute approximate surface area is 196 Å². The Morgan fingerprint density at radius 3 is 2.67 bits per heavy atom. The van der Waals surface area contributed by atoms with Crippen molar-refractivity contribution in [2.24, 2.45) is 0 Å². The second kappa shape index (κ2) is 11.7. The molecule has 3 rings (SSSR count). The number of rotatable bonds is 9. The first-order chi connectivity index (χ1) is 15.9. The Morgan fingerprint density at radius 2 is 1.94 bits per heavy atom. The van der Waals surface area contributed by atoms with Crippen LogP contribution in [0.3, 0.4) is 0 Å². The summed E-state index contributed by atoms with van der Waals surface area (Å²) in [6, 6.07) is 7.14. The minimum absolute atomic E-state index is 0.0874. The number of amides is 4. The van der Waals surface area contributed by atoms with Crippen molar-refractivity contribution in [2.45, 2.75) is 65.0 Å². The fourth-order valence-corrected chi connectivity index (χ4v) is 4.46. The average Bonchev–Trinajstić information content (AvgIpc) is 3.21. The maximum Gasteiger partial charge on any atom is 0.317 e. The maximum absolute atomic E-state index is 13.6. The smallest absolute Gasteiger partial charge is 0.317 e. The molecular formula is C25H37N5O3. The van der Waals surface area contributed by atoms with Crippen LogP contribution >= 0.6 is 0 Å². The van der Waals surface area contributed by atoms with Gasteiger partial charge in [0.2, 0.25) is 11.8 Å². The molecule has 1 fully saturated rings. The number of hydrogen-bond acceptors (Lipinski definition) is 3. The number of nitrogens with zero attached hydrogens (tertiary/aromatic N) is 2. The van der Waals surface area contributed by atoms with Crippen LogP contribution in [-0.4, -0.2) is 70.9 Å². The van der Waals surface area contributed by atoms with Gasteiger partial charge in [-0.1, -0.05) is 38.0 Å². The Hall–Kier alpha value is -3.03. The number of fused-ring (bicyclic) bond motifs is 1. The highest BCUT2D eigenvalue weighted by molar-refractivity contribution is 5.90. The third-order valence-electron chi connectivity index (χ3n) is 6.27. The summed E-state index contributed by atoms with van der Waals surface area (Å²) in [6.07, 6.45) is 5.62. The van der Waals surface area contributed by atoms with Crippen molar-refractivity contribution in [3.63, 3.8) is 0 Å². The predicted octanol–water partition coefficient (Wildman–Crippen LogP) is 3.04. The van der Waals surface area contributed by atoms with Gasteiger partial charge in [0.1, 0.15) is 6.04 Å². The van der Waals surface area contributed by atoms with E-state index in [-0.39, 0.29) is 23.9 Å². The van der Waals surface area contributed by atoms with E-state index < -0.39 is 6.04 Å². The van der Waals surface area contributed by atoms with Crippen LogP contribution in [0.1, 0.15) is 52.0 Å². The first-order valence-corrected chi connectivity index (χ1v) is 12.1. The molecule has 1 aromatic carbocycles. The van der Waals surface area contributed by atoms with Gasteiger partial charge in [-0.3, -0.25) is 9.59 Å². The van der Waals surface area contributed by atoms with Gasteiger partial charge in [0.05, 0.1) is 0 Å². The number of para-hydroxylation sites is 1. The van der Waals surface area contributed by atoms with Gasteiger partial charge in [0.15, 0.2) is 0 Å². The molecule has 33 heavy (non-hydrogen) atoms. The van der Waals surface area contributed by atoms with Crippen molar-refractivity contribution in [2.75, 3.05) is 26.2 Å². The fraction of sp³-hybridized carbons (Fsp3) is 0.560. The van der Waals surface area contributed by atoms with Crippen LogP contribution in [0.5, 0.6) is 0 Å². The molecule has 2 heterocycles. The van der Waals surface area contributed by atoms with E-state index in [9.17, 15) is 14.4 Å². The summed E-state index contributed by atoms with van der Waals surface area (Å²) in [4.78, 5) is 45.3. The van der Waals surface area contributed by atoms with Gasteiger partial charge < -0.3 is 25.4 Å². The van der Waals surface area contributed by atoms with E-state index in [0.717, 1.165) is 35.7 Å². The topological polar surface area (TPSA) is 97.5 Å². The lowest BCUT2D eigenvalue weighted by Crippen LogP contribution is -2.60. The number of carbonyl (C=O) groups excluding carboxylic acids is 3. The lowest BCUT2D eigenvalue weighted by atomic mass is 10.0. The number of unbranched alkanes of at least 4 members (excludes halogenated alkanes) is 2. The largest absolute Gasteiger partial charge is 0.361 e. The summed E-state index contributed by atoms with van der Waals surface area (Å²) in [5, 5.41) is 6.90. The van der Waals surface area contributed by atoms with Crippen LogP contribution in [0.15, 0.2) is 30.5 Å². The van der Waals surface area contributed by atoms with Gasteiger partial charge in [-0.05, 0) is 31.9 Å². The number of piperazine rings is 1. The summed E-state index contributed by atoms with van der Waals surface area (Å²) in [5.41, 5.74) is 2.02. The van der Waals surface area contributed by atoms with Crippen LogP contribution < -0.4 is 10.6 Å². The fourth-order valence-electron chi connectivity index (χ4n) is 4.46. The third kappa shape index (κ3) is 6.27. The van der Waals surface area contributed by atoms with Gasteiger partial charge in [-0.25, -0.2) is 4.79 Å². The van der Waals surface area contributed by atoms with E-state index in [1.54, 1.807) is 9.80 Å². The van der Waals surface area contributed by atoms with Crippen molar-refractivity contribution in [3.8, 4) is 0 Å². The normalized spacial score (nSPS) is 17.1. The van der Waals surface area contributed by atoms with Gasteiger partial charge in [-0.2, -0.15) is 0 Å². The summed E-state index contributed by atoms with van der Waals surface area (Å²) in [7, 11) is 0. The Kier molecular flexibility index (Phi) is 8.74. The Bertz CT molecular complexity index is 956. The number of H-pyrrole nitrogens is 1. The zero-order valence-corrected chi connectivity index (χ0v) is 20.0. The molecular weight excluding hydrogens is 418 g/mol. The molecule has 1 saturated heterocycles. The standard InChI is InChI=1S/C25H37N5O3/c1-4-6-7-12-23(31)28-22(15-19-16-27-21-11-9-8-10-20(19)21)24(32)29-13-14-30(18(3)17-29)25(33)26-5-2/h8-11,16,18,22,27H,4-7,12-15,17H2,1-3H3,(H,26,33)(H,28,31). The highest BCUT2D eigenvalue weighted by Gasteiger charge is 2.33. The highest BCUT2D eigenvalue weighted by Crippen LogP contribution is 2.20. The number of aromatic nitrogens is 1. The van der Waals surface area contributed by atoms with Gasteiger partial charge in [-0.15, -0.1) is 0 Å². The molecule has 2 aromatic rings. The van der Waals surface area contributed by atoms with Gasteiger partial charge in [0, 0.05) is 62.2 Å². The number of nitrogens with one attached hydrogen (secondary N) is 3. The summed E-state index contributed by atoms with van der Waals surface area (Å²) in [6.45, 7) is 7.89. The SMILES string of the molecule is CCCCCC(=O)NC(Cc1c[nH]c2ccccc12)C(=O)N1CCN(C(=O)NCC)C(C)C1. The second-order valence-electron chi connectivity index (χ2n) is 8.80. The van der Waals surface area contributed by atoms with E-state index in [1.165, 1.54) is 0 Å². The quantitative estimate of drug-likeness (QED) is 0.507. The molecule has 4 amide bonds. The van der Waals surface area contributed by atoms with Crippen LogP contribution in [0.25, 0.3) is 10.9 Å². The molecule has 8 nitrogen and oxygen atoms in total. The van der Waals surface area contributed by atoms with E-state index in [2.05, 4.69) is 22.5 Å². The molecule has 3 N–H and O–H groups in total. The van der Waals surface area contributed by atoms with Crippen LogP contribution in [0.2, 0.25) is 0 Å². The molecule has 0 aliphatic carbocycles. The van der Waals surface area contributed by atoms with Crippen molar-refractivity contribution >= 4 is 28.7 Å². The lowest BCUT2D eigenvalue weighted by molar-refractivity contribution is -0.138. The maximum atomic E-state index is 13.6. The Balaban J connectivity index is 1.73. The van der Waals surface area contributed by atoms with E-state index in [0.29, 0.717) is 39.0 Å². The van der Waals surface area contributed by atoms with Crippen LogP contribution in [0.4, 0.5) is 4.79 Å².